The maximum absolute atomic E-state index is 5.42. The van der Waals surface area contributed by atoms with Crippen LogP contribution in [0.25, 0.3) is 0 Å². The zero-order valence-electron chi connectivity index (χ0n) is 11.1. The van der Waals surface area contributed by atoms with Gasteiger partial charge in [0.05, 0.1) is 38.1 Å². The van der Waals surface area contributed by atoms with Crippen LogP contribution in [-0.2, 0) is 14.2 Å². The molecule has 3 aliphatic rings. The Labute approximate surface area is 110 Å². The average molecular weight is 252 g/mol. The molecule has 0 aliphatic carbocycles. The minimum absolute atomic E-state index is 0.501. The Hall–Kier alpha value is -0.120. The second-order valence-corrected chi connectivity index (χ2v) is 5.86. The van der Waals surface area contributed by atoms with Gasteiger partial charge in [-0.15, -0.1) is 0 Å². The van der Waals surface area contributed by atoms with Crippen LogP contribution in [0.1, 0.15) is 38.5 Å². The Morgan fingerprint density at radius 2 is 1.56 bits per heavy atom. The Morgan fingerprint density at radius 1 is 1.00 bits per heavy atom. The van der Waals surface area contributed by atoms with E-state index < -0.39 is 0 Å². The lowest BCUT2D eigenvalue weighted by atomic mass is 9.79. The quantitative estimate of drug-likeness (QED) is 0.561. The lowest BCUT2D eigenvalue weighted by Crippen LogP contribution is -2.19. The molecule has 0 bridgehead atoms. The third-order valence-electron chi connectivity index (χ3n) is 4.11. The van der Waals surface area contributed by atoms with Crippen LogP contribution >= 0.6 is 0 Å². The number of rotatable bonds is 10. The van der Waals surface area contributed by atoms with Gasteiger partial charge in [-0.05, 0) is 37.5 Å². The maximum atomic E-state index is 5.42. The molecule has 0 saturated carbocycles. The van der Waals surface area contributed by atoms with Crippen molar-refractivity contribution >= 4 is 0 Å². The van der Waals surface area contributed by atoms with Gasteiger partial charge in [-0.2, -0.15) is 0 Å². The number of hydrogen-bond donors (Lipinski definition) is 0. The molecule has 0 aromatic heterocycles. The maximum Gasteiger partial charge on any atom is 0.0815 e. The first-order valence-corrected chi connectivity index (χ1v) is 7.33. The fraction of sp³-hybridized carbons (Fsp3) is 0.867. The summed E-state index contributed by atoms with van der Waals surface area (Å²) in [6.45, 7) is 6.85. The van der Waals surface area contributed by atoms with Crippen LogP contribution in [0.3, 0.4) is 0 Å². The van der Waals surface area contributed by atoms with Gasteiger partial charge < -0.3 is 14.2 Å². The van der Waals surface area contributed by atoms with Crippen molar-refractivity contribution in [1.82, 2.24) is 0 Å². The molecule has 3 aliphatic heterocycles. The molecule has 2 radical (unpaired) electrons. The summed E-state index contributed by atoms with van der Waals surface area (Å²) in [5.74, 6) is 2.37. The third kappa shape index (κ3) is 4.22. The highest BCUT2D eigenvalue weighted by atomic mass is 16.6. The Kier molecular flexibility index (Phi) is 4.22. The molecule has 0 amide bonds. The molecule has 4 atom stereocenters. The van der Waals surface area contributed by atoms with Crippen molar-refractivity contribution in [2.45, 2.75) is 56.8 Å². The molecular weight excluding hydrogens is 228 g/mol. The first-order valence-electron chi connectivity index (χ1n) is 7.33. The van der Waals surface area contributed by atoms with Crippen molar-refractivity contribution in [3.63, 3.8) is 0 Å². The number of ether oxygens (including phenoxy) is 3. The van der Waals surface area contributed by atoms with Crippen LogP contribution < -0.4 is 0 Å². The van der Waals surface area contributed by atoms with Gasteiger partial charge in [0, 0.05) is 0 Å². The van der Waals surface area contributed by atoms with Crippen LogP contribution in [0.5, 0.6) is 0 Å². The van der Waals surface area contributed by atoms with E-state index in [-0.39, 0.29) is 0 Å². The van der Waals surface area contributed by atoms with Crippen molar-refractivity contribution < 1.29 is 14.2 Å². The fourth-order valence-electron chi connectivity index (χ4n) is 2.77. The molecule has 18 heavy (non-hydrogen) atoms. The molecule has 0 aromatic rings. The monoisotopic (exact) mass is 252 g/mol. The number of unbranched alkanes of at least 4 members (excludes halogenated alkanes) is 1. The molecular formula is C15H24O3. The first-order chi connectivity index (χ1) is 8.85. The second kappa shape index (κ2) is 5.89. The number of epoxide rings is 3. The van der Waals surface area contributed by atoms with Gasteiger partial charge in [-0.3, -0.25) is 0 Å². The van der Waals surface area contributed by atoms with Crippen molar-refractivity contribution in [3.05, 3.63) is 12.8 Å². The normalized spacial score (nSPS) is 34.7. The van der Waals surface area contributed by atoms with E-state index in [0.717, 1.165) is 39.1 Å². The summed E-state index contributed by atoms with van der Waals surface area (Å²) in [5.41, 5.74) is 0. The van der Waals surface area contributed by atoms with E-state index in [9.17, 15) is 0 Å². The number of hydrogen-bond acceptors (Lipinski definition) is 3. The van der Waals surface area contributed by atoms with E-state index in [0.29, 0.717) is 24.2 Å². The highest BCUT2D eigenvalue weighted by Gasteiger charge is 2.38. The first kappa shape index (κ1) is 12.9. The van der Waals surface area contributed by atoms with Gasteiger partial charge in [-0.1, -0.05) is 19.8 Å². The summed E-state index contributed by atoms with van der Waals surface area (Å²) in [6.07, 6.45) is 8.54. The minimum Gasteiger partial charge on any atom is -0.373 e. The Balaban J connectivity index is 1.53. The van der Waals surface area contributed by atoms with E-state index in [4.69, 9.17) is 14.2 Å². The van der Waals surface area contributed by atoms with E-state index >= 15 is 0 Å². The molecule has 102 valence electrons. The van der Waals surface area contributed by atoms with E-state index in [2.05, 4.69) is 6.92 Å². The van der Waals surface area contributed by atoms with Crippen molar-refractivity contribution in [2.75, 3.05) is 19.8 Å². The zero-order chi connectivity index (χ0) is 12.4. The average Bonchev–Trinajstić information content (AvgIpc) is 3.21. The van der Waals surface area contributed by atoms with Crippen molar-refractivity contribution in [3.8, 4) is 0 Å². The van der Waals surface area contributed by atoms with Gasteiger partial charge in [0.1, 0.15) is 0 Å². The Bertz CT molecular complexity index is 242. The highest BCUT2D eigenvalue weighted by Crippen LogP contribution is 2.39. The fourth-order valence-corrected chi connectivity index (χ4v) is 2.77. The topological polar surface area (TPSA) is 37.6 Å². The SMILES string of the molecule is [CH2]CCCC(CC1CO1)[C](CC1CO1)CC1CO1. The van der Waals surface area contributed by atoms with Gasteiger partial charge in [0.25, 0.3) is 0 Å². The van der Waals surface area contributed by atoms with Crippen LogP contribution in [0.4, 0.5) is 0 Å². The standard InChI is InChI=1S/C15H24O3/c1-2-3-4-11(5-13-8-16-13)12(6-14-9-17-14)7-15-10-18-15/h11,13-15H,1-10H2. The van der Waals surface area contributed by atoms with Crippen molar-refractivity contribution in [2.24, 2.45) is 5.92 Å². The summed E-state index contributed by atoms with van der Waals surface area (Å²) < 4.78 is 16.2. The molecule has 4 unspecified atom stereocenters. The third-order valence-corrected chi connectivity index (χ3v) is 4.11. The molecule has 3 nitrogen and oxygen atoms in total. The van der Waals surface area contributed by atoms with Crippen molar-refractivity contribution in [1.29, 1.82) is 0 Å². The van der Waals surface area contributed by atoms with E-state index in [1.807, 2.05) is 0 Å². The molecule has 0 aromatic carbocycles. The lowest BCUT2D eigenvalue weighted by molar-refractivity contribution is 0.303. The Morgan fingerprint density at radius 3 is 2.00 bits per heavy atom. The molecule has 0 spiro atoms. The van der Waals surface area contributed by atoms with Gasteiger partial charge in [-0.25, -0.2) is 0 Å². The summed E-state index contributed by atoms with van der Waals surface area (Å²) in [7, 11) is 0. The van der Waals surface area contributed by atoms with Crippen LogP contribution in [0.2, 0.25) is 0 Å². The van der Waals surface area contributed by atoms with Crippen LogP contribution in [0.15, 0.2) is 0 Å². The minimum atomic E-state index is 0.501. The summed E-state index contributed by atoms with van der Waals surface area (Å²) in [6, 6.07) is 0. The summed E-state index contributed by atoms with van der Waals surface area (Å²) >= 11 is 0. The van der Waals surface area contributed by atoms with Crippen LogP contribution in [0, 0.1) is 18.8 Å². The predicted molar refractivity (Wildman–Crippen MR) is 69.0 cm³/mol. The molecule has 3 saturated heterocycles. The molecule has 3 heterocycles. The second-order valence-electron chi connectivity index (χ2n) is 5.86. The molecule has 0 N–H and O–H groups in total. The molecule has 3 fully saturated rings. The van der Waals surface area contributed by atoms with Crippen LogP contribution in [-0.4, -0.2) is 38.1 Å². The smallest absolute Gasteiger partial charge is 0.0815 e. The van der Waals surface area contributed by atoms with Gasteiger partial charge in [0.15, 0.2) is 0 Å². The lowest BCUT2D eigenvalue weighted by Gasteiger charge is -2.25. The highest BCUT2D eigenvalue weighted by molar-refractivity contribution is 5.04. The van der Waals surface area contributed by atoms with Gasteiger partial charge >= 0.3 is 0 Å². The summed E-state index contributed by atoms with van der Waals surface area (Å²) in [4.78, 5) is 0. The predicted octanol–water partition coefficient (Wildman–Crippen LogP) is 2.55. The van der Waals surface area contributed by atoms with E-state index in [1.54, 1.807) is 5.92 Å². The zero-order valence-corrected chi connectivity index (χ0v) is 11.1. The molecule has 3 rings (SSSR count). The summed E-state index contributed by atoms with van der Waals surface area (Å²) in [5, 5.41) is 0. The molecule has 3 heteroatoms. The van der Waals surface area contributed by atoms with Gasteiger partial charge in [0.2, 0.25) is 0 Å². The largest absolute Gasteiger partial charge is 0.373 e. The van der Waals surface area contributed by atoms with E-state index in [1.165, 1.54) is 19.3 Å².